The molecule has 32 heavy (non-hydrogen) atoms. The van der Waals surface area contributed by atoms with Crippen LogP contribution in [0.15, 0.2) is 35.6 Å². The van der Waals surface area contributed by atoms with Gasteiger partial charge in [-0.2, -0.15) is 26.3 Å². The number of halogens is 6. The number of hydrogen-bond donors (Lipinski definition) is 0. The molecule has 4 heterocycles. The molecule has 0 saturated heterocycles. The van der Waals surface area contributed by atoms with Crippen molar-refractivity contribution >= 4 is 22.9 Å². The SMILES string of the molecule is CCSc1ccc(-n2cnc(C(F)(F)F)n2)nc1-c1nc2cc(C(F)(F)F)cnc2n1C. The summed E-state index contributed by atoms with van der Waals surface area (Å²) in [7, 11) is 1.57. The molecule has 4 aromatic rings. The standard InChI is InChI=1S/C18H13F6N7S/c1-3-32-11-4-5-12(31-8-26-16(29-31)18(22,23)24)28-13(11)15-27-10-6-9(17(19,20)21)7-25-14(10)30(15)2/h4-8H,3H2,1-2H3. The average molecular weight is 473 g/mol. The van der Waals surface area contributed by atoms with Crippen molar-refractivity contribution in [2.45, 2.75) is 24.2 Å². The van der Waals surface area contributed by atoms with Gasteiger partial charge >= 0.3 is 12.4 Å². The molecule has 0 N–H and O–H groups in total. The van der Waals surface area contributed by atoms with E-state index in [4.69, 9.17) is 0 Å². The normalized spacial score (nSPS) is 12.6. The highest BCUT2D eigenvalue weighted by molar-refractivity contribution is 7.99. The molecule has 0 aromatic carbocycles. The summed E-state index contributed by atoms with van der Waals surface area (Å²) in [4.78, 5) is 16.4. The molecule has 0 atom stereocenters. The summed E-state index contributed by atoms with van der Waals surface area (Å²) in [6, 6.07) is 3.99. The fraction of sp³-hybridized carbons (Fsp3) is 0.278. The third-order valence-electron chi connectivity index (χ3n) is 4.37. The predicted octanol–water partition coefficient (Wildman–Crippen LogP) is 4.76. The van der Waals surface area contributed by atoms with Crippen LogP contribution in [0.1, 0.15) is 18.3 Å². The van der Waals surface area contributed by atoms with Crippen LogP contribution in [0.5, 0.6) is 0 Å². The molecule has 0 unspecified atom stereocenters. The number of imidazole rings is 1. The Labute approximate surface area is 180 Å². The minimum absolute atomic E-state index is 0.0112. The van der Waals surface area contributed by atoms with Gasteiger partial charge in [0.25, 0.3) is 5.82 Å². The van der Waals surface area contributed by atoms with Gasteiger partial charge in [-0.25, -0.2) is 24.6 Å². The van der Waals surface area contributed by atoms with Crippen LogP contribution in [0.25, 0.3) is 28.5 Å². The van der Waals surface area contributed by atoms with Crippen molar-refractivity contribution in [3.05, 3.63) is 42.1 Å². The number of aromatic nitrogens is 7. The minimum Gasteiger partial charge on any atom is -0.310 e. The van der Waals surface area contributed by atoms with Crippen LogP contribution in [0.2, 0.25) is 0 Å². The van der Waals surface area contributed by atoms with E-state index in [0.29, 0.717) is 16.8 Å². The number of rotatable bonds is 4. The summed E-state index contributed by atoms with van der Waals surface area (Å²) in [5.74, 6) is -0.421. The molecule has 0 aliphatic heterocycles. The first-order valence-electron chi connectivity index (χ1n) is 9.02. The zero-order valence-electron chi connectivity index (χ0n) is 16.4. The van der Waals surface area contributed by atoms with Gasteiger partial charge in [0.2, 0.25) is 0 Å². The fourth-order valence-electron chi connectivity index (χ4n) is 2.94. The van der Waals surface area contributed by atoms with Gasteiger partial charge < -0.3 is 4.57 Å². The number of aryl methyl sites for hydroxylation is 1. The third kappa shape index (κ3) is 4.01. The first-order valence-corrected chi connectivity index (χ1v) is 10.0. The molecule has 7 nitrogen and oxygen atoms in total. The Morgan fingerprint density at radius 2 is 1.75 bits per heavy atom. The van der Waals surface area contributed by atoms with E-state index in [0.717, 1.165) is 17.1 Å². The van der Waals surface area contributed by atoms with Crippen LogP contribution in [-0.4, -0.2) is 40.0 Å². The number of fused-ring (bicyclic) bond motifs is 1. The zero-order chi connectivity index (χ0) is 23.3. The molecule has 14 heteroatoms. The Morgan fingerprint density at radius 1 is 1.00 bits per heavy atom. The Bertz CT molecular complexity index is 1290. The fourth-order valence-corrected chi connectivity index (χ4v) is 3.69. The van der Waals surface area contributed by atoms with Crippen molar-refractivity contribution < 1.29 is 26.3 Å². The Hall–Kier alpha value is -3.16. The summed E-state index contributed by atoms with van der Waals surface area (Å²) in [6.45, 7) is 1.89. The van der Waals surface area contributed by atoms with Crippen molar-refractivity contribution in [3.63, 3.8) is 0 Å². The molecule has 0 saturated carbocycles. The number of pyridine rings is 2. The molecule has 0 amide bonds. The van der Waals surface area contributed by atoms with Crippen molar-refractivity contribution in [2.24, 2.45) is 7.05 Å². The molecule has 0 fully saturated rings. The van der Waals surface area contributed by atoms with Crippen LogP contribution in [0, 0.1) is 0 Å². The second-order valence-corrected chi connectivity index (χ2v) is 7.82. The predicted molar refractivity (Wildman–Crippen MR) is 103 cm³/mol. The molecule has 0 aliphatic carbocycles. The Morgan fingerprint density at radius 3 is 2.38 bits per heavy atom. The maximum absolute atomic E-state index is 13.1. The Balaban J connectivity index is 1.86. The quantitative estimate of drug-likeness (QED) is 0.314. The van der Waals surface area contributed by atoms with E-state index in [9.17, 15) is 26.3 Å². The lowest BCUT2D eigenvalue weighted by atomic mass is 10.2. The van der Waals surface area contributed by atoms with Gasteiger partial charge in [0.1, 0.15) is 17.5 Å². The molecule has 0 spiro atoms. The summed E-state index contributed by atoms with van der Waals surface area (Å²) >= 11 is 1.39. The van der Waals surface area contributed by atoms with Gasteiger partial charge in [0.15, 0.2) is 17.3 Å². The van der Waals surface area contributed by atoms with E-state index in [-0.39, 0.29) is 28.5 Å². The molecular formula is C18H13F6N7S. The lowest BCUT2D eigenvalue weighted by Gasteiger charge is -2.10. The van der Waals surface area contributed by atoms with Crippen LogP contribution in [-0.2, 0) is 19.4 Å². The van der Waals surface area contributed by atoms with Gasteiger partial charge in [-0.1, -0.05) is 6.92 Å². The van der Waals surface area contributed by atoms with Crippen molar-refractivity contribution in [1.29, 1.82) is 0 Å². The topological polar surface area (TPSA) is 74.3 Å². The van der Waals surface area contributed by atoms with E-state index < -0.39 is 23.7 Å². The number of hydrogen-bond acceptors (Lipinski definition) is 6. The molecule has 0 bridgehead atoms. The van der Waals surface area contributed by atoms with Gasteiger partial charge in [0, 0.05) is 18.1 Å². The van der Waals surface area contributed by atoms with Gasteiger partial charge in [-0.3, -0.25) is 0 Å². The van der Waals surface area contributed by atoms with Crippen molar-refractivity contribution in [2.75, 3.05) is 5.75 Å². The molecule has 4 aromatic heterocycles. The highest BCUT2D eigenvalue weighted by Gasteiger charge is 2.36. The van der Waals surface area contributed by atoms with Crippen LogP contribution < -0.4 is 0 Å². The maximum Gasteiger partial charge on any atom is 0.453 e. The highest BCUT2D eigenvalue weighted by atomic mass is 32.2. The lowest BCUT2D eigenvalue weighted by Crippen LogP contribution is -2.09. The van der Waals surface area contributed by atoms with Crippen LogP contribution >= 0.6 is 11.8 Å². The van der Waals surface area contributed by atoms with E-state index in [1.54, 1.807) is 13.1 Å². The lowest BCUT2D eigenvalue weighted by molar-refractivity contribution is -0.144. The first-order chi connectivity index (χ1) is 15.0. The third-order valence-corrected chi connectivity index (χ3v) is 5.30. The zero-order valence-corrected chi connectivity index (χ0v) is 17.2. The van der Waals surface area contributed by atoms with Crippen LogP contribution in [0.3, 0.4) is 0 Å². The van der Waals surface area contributed by atoms with E-state index in [2.05, 4.69) is 25.0 Å². The minimum atomic E-state index is -4.72. The van der Waals surface area contributed by atoms with Gasteiger partial charge in [-0.15, -0.1) is 16.9 Å². The molecular weight excluding hydrogens is 460 g/mol. The van der Waals surface area contributed by atoms with E-state index in [1.807, 2.05) is 6.92 Å². The molecule has 168 valence electrons. The second kappa shape index (κ2) is 7.76. The Kier molecular flexibility index (Phi) is 5.35. The summed E-state index contributed by atoms with van der Waals surface area (Å²) in [5, 5.41) is 3.41. The summed E-state index contributed by atoms with van der Waals surface area (Å²) in [6.07, 6.45) is -7.70. The average Bonchev–Trinajstić information content (AvgIpc) is 3.33. The van der Waals surface area contributed by atoms with Gasteiger partial charge in [-0.05, 0) is 24.0 Å². The number of nitrogens with zero attached hydrogens (tertiary/aromatic N) is 7. The second-order valence-electron chi connectivity index (χ2n) is 6.52. The number of thioether (sulfide) groups is 1. The van der Waals surface area contributed by atoms with Crippen LogP contribution in [0.4, 0.5) is 26.3 Å². The van der Waals surface area contributed by atoms with E-state index in [1.165, 1.54) is 22.4 Å². The van der Waals surface area contributed by atoms with Crippen molar-refractivity contribution in [3.8, 4) is 17.3 Å². The largest absolute Gasteiger partial charge is 0.453 e. The smallest absolute Gasteiger partial charge is 0.310 e. The number of alkyl halides is 6. The highest BCUT2D eigenvalue weighted by Crippen LogP contribution is 2.34. The summed E-state index contributed by atoms with van der Waals surface area (Å²) in [5.41, 5.74) is -0.459. The van der Waals surface area contributed by atoms with Gasteiger partial charge in [0.05, 0.1) is 5.56 Å². The summed E-state index contributed by atoms with van der Waals surface area (Å²) < 4.78 is 80.1. The molecule has 4 rings (SSSR count). The first kappa shape index (κ1) is 22.0. The van der Waals surface area contributed by atoms with Crippen molar-refractivity contribution in [1.82, 2.24) is 34.3 Å². The van der Waals surface area contributed by atoms with E-state index >= 15 is 0 Å². The molecule has 0 radical (unpaired) electrons. The molecule has 0 aliphatic rings. The maximum atomic E-state index is 13.1. The monoisotopic (exact) mass is 473 g/mol.